The largest absolute Gasteiger partial charge is 0.387 e. The summed E-state index contributed by atoms with van der Waals surface area (Å²) in [4.78, 5) is 3.78. The summed E-state index contributed by atoms with van der Waals surface area (Å²) in [7, 11) is -2.07. The van der Waals surface area contributed by atoms with Gasteiger partial charge in [0.15, 0.2) is 0 Å². The standard InChI is InChI=1S/C9H14ClN3O3S/c1-3-9(14)4-13(5-9)17(15,16)8-7(10)12(2)6-11-8/h6,14H,3-5H2,1-2H3. The van der Waals surface area contributed by atoms with Gasteiger partial charge in [-0.3, -0.25) is 0 Å². The Kier molecular flexibility index (Phi) is 2.97. The van der Waals surface area contributed by atoms with E-state index in [2.05, 4.69) is 4.98 Å². The summed E-state index contributed by atoms with van der Waals surface area (Å²) < 4.78 is 26.8. The molecular weight excluding hydrogens is 266 g/mol. The van der Waals surface area contributed by atoms with Gasteiger partial charge in [-0.05, 0) is 6.42 Å². The van der Waals surface area contributed by atoms with Crippen molar-refractivity contribution >= 4 is 21.6 Å². The van der Waals surface area contributed by atoms with E-state index in [1.165, 1.54) is 15.2 Å². The van der Waals surface area contributed by atoms with E-state index in [-0.39, 0.29) is 23.3 Å². The van der Waals surface area contributed by atoms with Crippen LogP contribution in [-0.2, 0) is 17.1 Å². The van der Waals surface area contributed by atoms with E-state index in [4.69, 9.17) is 11.6 Å². The highest BCUT2D eigenvalue weighted by Crippen LogP contribution is 2.31. The number of aryl methyl sites for hydroxylation is 1. The van der Waals surface area contributed by atoms with Gasteiger partial charge in [0.2, 0.25) is 5.03 Å². The van der Waals surface area contributed by atoms with Crippen molar-refractivity contribution in [2.45, 2.75) is 24.0 Å². The molecule has 1 N–H and O–H groups in total. The number of sulfonamides is 1. The van der Waals surface area contributed by atoms with Crippen molar-refractivity contribution in [3.8, 4) is 0 Å². The molecule has 0 unspecified atom stereocenters. The van der Waals surface area contributed by atoms with E-state index < -0.39 is 15.6 Å². The van der Waals surface area contributed by atoms with Crippen LogP contribution in [0.1, 0.15) is 13.3 Å². The molecule has 2 rings (SSSR count). The van der Waals surface area contributed by atoms with Gasteiger partial charge in [0.25, 0.3) is 10.0 Å². The Hall–Kier alpha value is -0.630. The molecule has 0 bridgehead atoms. The minimum atomic E-state index is -3.68. The number of imidazole rings is 1. The molecule has 0 radical (unpaired) electrons. The van der Waals surface area contributed by atoms with Crippen LogP contribution >= 0.6 is 11.6 Å². The number of aromatic nitrogens is 2. The second kappa shape index (κ2) is 3.94. The van der Waals surface area contributed by atoms with Crippen LogP contribution in [0.25, 0.3) is 0 Å². The van der Waals surface area contributed by atoms with Crippen molar-refractivity contribution in [1.29, 1.82) is 0 Å². The van der Waals surface area contributed by atoms with Crippen LogP contribution in [0.5, 0.6) is 0 Å². The van der Waals surface area contributed by atoms with Gasteiger partial charge in [-0.1, -0.05) is 18.5 Å². The lowest BCUT2D eigenvalue weighted by molar-refractivity contribution is -0.0614. The normalized spacial score (nSPS) is 20.2. The minimum Gasteiger partial charge on any atom is -0.387 e. The summed E-state index contributed by atoms with van der Waals surface area (Å²) in [6, 6.07) is 0. The fourth-order valence-corrected chi connectivity index (χ4v) is 3.68. The molecule has 1 saturated heterocycles. The van der Waals surface area contributed by atoms with Crippen LogP contribution in [0.2, 0.25) is 5.15 Å². The van der Waals surface area contributed by atoms with Crippen LogP contribution in [0.4, 0.5) is 0 Å². The van der Waals surface area contributed by atoms with Gasteiger partial charge >= 0.3 is 0 Å². The van der Waals surface area contributed by atoms with Crippen LogP contribution in [0, 0.1) is 0 Å². The first kappa shape index (κ1) is 12.8. The van der Waals surface area contributed by atoms with Crippen LogP contribution < -0.4 is 0 Å². The Balaban J connectivity index is 2.25. The average Bonchev–Trinajstić information content (AvgIpc) is 2.55. The monoisotopic (exact) mass is 279 g/mol. The third-order valence-corrected chi connectivity index (χ3v) is 5.30. The molecule has 0 aliphatic carbocycles. The average molecular weight is 280 g/mol. The molecule has 2 heterocycles. The molecule has 0 spiro atoms. The molecule has 17 heavy (non-hydrogen) atoms. The van der Waals surface area contributed by atoms with E-state index in [1.807, 2.05) is 6.92 Å². The van der Waals surface area contributed by atoms with Gasteiger partial charge in [0.1, 0.15) is 5.15 Å². The zero-order chi connectivity index (χ0) is 12.8. The molecule has 8 heteroatoms. The summed E-state index contributed by atoms with van der Waals surface area (Å²) in [6.45, 7) is 2.01. The minimum absolute atomic E-state index is 0.0805. The van der Waals surface area contributed by atoms with Crippen molar-refractivity contribution in [3.05, 3.63) is 11.5 Å². The van der Waals surface area contributed by atoms with Crippen molar-refractivity contribution in [3.63, 3.8) is 0 Å². The fraction of sp³-hybridized carbons (Fsp3) is 0.667. The van der Waals surface area contributed by atoms with Gasteiger partial charge < -0.3 is 9.67 Å². The summed E-state index contributed by atoms with van der Waals surface area (Å²) in [5.41, 5.74) is -0.908. The SMILES string of the molecule is CCC1(O)CN(S(=O)(=O)c2ncn(C)c2Cl)C1. The van der Waals surface area contributed by atoms with Gasteiger partial charge in [0, 0.05) is 20.1 Å². The highest BCUT2D eigenvalue weighted by molar-refractivity contribution is 7.89. The Bertz CT molecular complexity index is 534. The van der Waals surface area contributed by atoms with Gasteiger partial charge in [-0.2, -0.15) is 4.31 Å². The lowest BCUT2D eigenvalue weighted by atomic mass is 9.94. The maximum Gasteiger partial charge on any atom is 0.263 e. The predicted molar refractivity (Wildman–Crippen MR) is 62.2 cm³/mol. The topological polar surface area (TPSA) is 75.4 Å². The number of β-amino-alcohol motifs (C(OH)–C–C–N with tert-alkyl or cyclic N) is 1. The smallest absolute Gasteiger partial charge is 0.263 e. The van der Waals surface area contributed by atoms with Crippen molar-refractivity contribution in [1.82, 2.24) is 13.9 Å². The lowest BCUT2D eigenvalue weighted by Crippen LogP contribution is -2.62. The fourth-order valence-electron chi connectivity index (χ4n) is 1.69. The first-order chi connectivity index (χ1) is 7.80. The second-order valence-corrected chi connectivity index (χ2v) is 6.51. The molecule has 1 aliphatic heterocycles. The zero-order valence-corrected chi connectivity index (χ0v) is 11.2. The number of hydrogen-bond donors (Lipinski definition) is 1. The molecule has 0 atom stereocenters. The maximum absolute atomic E-state index is 12.1. The van der Waals surface area contributed by atoms with E-state index in [0.29, 0.717) is 6.42 Å². The van der Waals surface area contributed by atoms with Crippen LogP contribution in [0.15, 0.2) is 11.4 Å². The Morgan fingerprint density at radius 2 is 2.18 bits per heavy atom. The first-order valence-corrected chi connectivity index (χ1v) is 7.01. The lowest BCUT2D eigenvalue weighted by Gasteiger charge is -2.44. The third-order valence-electron chi connectivity index (χ3n) is 3.02. The number of rotatable bonds is 3. The summed E-state index contributed by atoms with van der Waals surface area (Å²) in [5.74, 6) is 0. The number of nitrogens with zero attached hydrogens (tertiary/aromatic N) is 3. The molecule has 96 valence electrons. The number of hydrogen-bond acceptors (Lipinski definition) is 4. The summed E-state index contributed by atoms with van der Waals surface area (Å²) >= 11 is 5.86. The van der Waals surface area contributed by atoms with Gasteiger partial charge in [-0.25, -0.2) is 13.4 Å². The molecule has 6 nitrogen and oxygen atoms in total. The quantitative estimate of drug-likeness (QED) is 0.859. The third kappa shape index (κ3) is 1.97. The van der Waals surface area contributed by atoms with Gasteiger partial charge in [-0.15, -0.1) is 0 Å². The Labute approximate surface area is 105 Å². The molecule has 1 fully saturated rings. The number of aliphatic hydroxyl groups is 1. The van der Waals surface area contributed by atoms with E-state index in [9.17, 15) is 13.5 Å². The molecule has 1 aliphatic rings. The van der Waals surface area contributed by atoms with Crippen molar-refractivity contribution in [2.75, 3.05) is 13.1 Å². The zero-order valence-electron chi connectivity index (χ0n) is 9.59. The maximum atomic E-state index is 12.1. The molecule has 1 aromatic heterocycles. The van der Waals surface area contributed by atoms with Gasteiger partial charge in [0.05, 0.1) is 11.9 Å². The first-order valence-electron chi connectivity index (χ1n) is 5.19. The van der Waals surface area contributed by atoms with E-state index in [0.717, 1.165) is 0 Å². The molecule has 0 amide bonds. The van der Waals surface area contributed by atoms with E-state index >= 15 is 0 Å². The van der Waals surface area contributed by atoms with E-state index in [1.54, 1.807) is 7.05 Å². The van der Waals surface area contributed by atoms with Crippen LogP contribution in [0.3, 0.4) is 0 Å². The molecule has 1 aromatic rings. The predicted octanol–water partition coefficient (Wildman–Crippen LogP) is 0.219. The van der Waals surface area contributed by atoms with Crippen LogP contribution in [-0.4, -0.2) is 46.1 Å². The number of halogens is 1. The van der Waals surface area contributed by atoms with Crippen molar-refractivity contribution < 1.29 is 13.5 Å². The molecule has 0 aromatic carbocycles. The molecular formula is C9H14ClN3O3S. The molecule has 0 saturated carbocycles. The Morgan fingerprint density at radius 3 is 2.59 bits per heavy atom. The summed E-state index contributed by atoms with van der Waals surface area (Å²) in [6.07, 6.45) is 1.87. The Morgan fingerprint density at radius 1 is 1.59 bits per heavy atom. The second-order valence-electron chi connectivity index (χ2n) is 4.30. The highest BCUT2D eigenvalue weighted by Gasteiger charge is 2.47. The highest BCUT2D eigenvalue weighted by atomic mass is 35.5. The van der Waals surface area contributed by atoms with Crippen molar-refractivity contribution in [2.24, 2.45) is 7.05 Å². The summed E-state index contributed by atoms with van der Waals surface area (Å²) in [5, 5.41) is 9.74.